The van der Waals surface area contributed by atoms with E-state index in [1.165, 1.54) is 22.8 Å². The molecule has 0 amide bonds. The fourth-order valence-corrected chi connectivity index (χ4v) is 4.63. The Morgan fingerprint density at radius 1 is 1.42 bits per heavy atom. The van der Waals surface area contributed by atoms with Crippen LogP contribution in [0.25, 0.3) is 10.2 Å². The molecule has 3 rings (SSSR count). The number of aryl methyl sites for hydroxylation is 2. The van der Waals surface area contributed by atoms with E-state index >= 15 is 0 Å². The molecule has 0 aliphatic heterocycles. The summed E-state index contributed by atoms with van der Waals surface area (Å²) in [5.74, 6) is -2.38. The van der Waals surface area contributed by atoms with E-state index in [1.807, 2.05) is 6.92 Å². The zero-order chi connectivity index (χ0) is 17.6. The van der Waals surface area contributed by atoms with Gasteiger partial charge >= 0.3 is 11.9 Å². The number of hydrogen-bond acceptors (Lipinski definition) is 5. The lowest BCUT2D eigenvalue weighted by atomic mass is 9.86. The van der Waals surface area contributed by atoms with Crippen molar-refractivity contribution in [2.45, 2.75) is 51.5 Å². The van der Waals surface area contributed by atoms with Crippen LogP contribution in [0.15, 0.2) is 4.79 Å². The Bertz CT molecular complexity index is 898. The van der Waals surface area contributed by atoms with Gasteiger partial charge in [0.15, 0.2) is 0 Å². The van der Waals surface area contributed by atoms with Gasteiger partial charge in [-0.25, -0.2) is 9.78 Å². The first-order valence-corrected chi connectivity index (χ1v) is 8.70. The molecule has 1 aliphatic carbocycles. The van der Waals surface area contributed by atoms with Crippen LogP contribution in [-0.4, -0.2) is 31.7 Å². The molecule has 2 aromatic rings. The van der Waals surface area contributed by atoms with Crippen LogP contribution in [0.4, 0.5) is 0 Å². The Kier molecular flexibility index (Phi) is 4.16. The molecule has 0 aromatic carbocycles. The fraction of sp³-hybridized carbons (Fsp3) is 0.500. The first kappa shape index (κ1) is 16.6. The molecule has 2 atom stereocenters. The molecule has 1 aliphatic rings. The lowest BCUT2D eigenvalue weighted by Gasteiger charge is -2.19. The molecular formula is C16H18N2O5S. The molecule has 0 fully saturated rings. The molecule has 8 heteroatoms. The van der Waals surface area contributed by atoms with E-state index in [0.717, 1.165) is 17.7 Å². The third-order valence-electron chi connectivity index (χ3n) is 4.55. The van der Waals surface area contributed by atoms with Crippen LogP contribution in [0, 0.1) is 0 Å². The van der Waals surface area contributed by atoms with Crippen LogP contribution < -0.4 is 5.56 Å². The zero-order valence-corrected chi connectivity index (χ0v) is 14.2. The van der Waals surface area contributed by atoms with Crippen LogP contribution in [0.1, 0.15) is 54.9 Å². The minimum atomic E-state index is -1.12. The highest BCUT2D eigenvalue weighted by molar-refractivity contribution is 7.18. The van der Waals surface area contributed by atoms with E-state index in [2.05, 4.69) is 4.98 Å². The fourth-order valence-electron chi connectivity index (χ4n) is 3.34. The summed E-state index contributed by atoms with van der Waals surface area (Å²) in [5.41, 5.74) is 0.0950. The summed E-state index contributed by atoms with van der Waals surface area (Å²) in [6.07, 6.45) is 2.40. The van der Waals surface area contributed by atoms with Gasteiger partial charge in [-0.2, -0.15) is 0 Å². The van der Waals surface area contributed by atoms with Gasteiger partial charge in [-0.15, -0.1) is 11.3 Å². The van der Waals surface area contributed by atoms with Gasteiger partial charge in [-0.1, -0.05) is 6.92 Å². The Balaban J connectivity index is 2.38. The molecule has 0 saturated carbocycles. The monoisotopic (exact) mass is 350 g/mol. The molecule has 2 aromatic heterocycles. The van der Waals surface area contributed by atoms with Crippen LogP contribution in [0.3, 0.4) is 0 Å². The third kappa shape index (κ3) is 2.41. The van der Waals surface area contributed by atoms with Crippen molar-refractivity contribution in [1.82, 2.24) is 9.55 Å². The van der Waals surface area contributed by atoms with Crippen molar-refractivity contribution < 1.29 is 19.8 Å². The Morgan fingerprint density at radius 2 is 2.12 bits per heavy atom. The molecule has 7 nitrogen and oxygen atoms in total. The van der Waals surface area contributed by atoms with E-state index < -0.39 is 29.5 Å². The summed E-state index contributed by atoms with van der Waals surface area (Å²) in [7, 11) is 0. The number of fused-ring (bicyclic) bond motifs is 3. The molecule has 2 N–H and O–H groups in total. The van der Waals surface area contributed by atoms with Crippen LogP contribution in [-0.2, 0) is 22.4 Å². The van der Waals surface area contributed by atoms with Gasteiger partial charge in [-0.05, 0) is 31.7 Å². The number of aliphatic carboxylic acids is 2. The van der Waals surface area contributed by atoms with Crippen molar-refractivity contribution in [3.8, 4) is 0 Å². The molecule has 0 radical (unpaired) electrons. The Labute approximate surface area is 141 Å². The third-order valence-corrected chi connectivity index (χ3v) is 5.71. The summed E-state index contributed by atoms with van der Waals surface area (Å²) < 4.78 is 1.19. The minimum Gasteiger partial charge on any atom is -0.481 e. The molecule has 24 heavy (non-hydrogen) atoms. The SMILES string of the molecule is CCc1nc2sc3c(c2c(=O)n1C(C)C(=O)O)C(C(=O)O)CCC3. The van der Waals surface area contributed by atoms with Gasteiger partial charge in [-0.3, -0.25) is 14.2 Å². The second-order valence-corrected chi connectivity index (χ2v) is 7.06. The molecular weight excluding hydrogens is 332 g/mol. The molecule has 2 unspecified atom stereocenters. The Hall–Kier alpha value is -2.22. The maximum atomic E-state index is 13.0. The number of rotatable bonds is 4. The van der Waals surface area contributed by atoms with Crippen molar-refractivity contribution in [2.24, 2.45) is 0 Å². The van der Waals surface area contributed by atoms with Gasteiger partial charge < -0.3 is 10.2 Å². The number of nitrogens with zero attached hydrogens (tertiary/aromatic N) is 2. The topological polar surface area (TPSA) is 109 Å². The Morgan fingerprint density at radius 3 is 2.71 bits per heavy atom. The number of thiophene rings is 1. The van der Waals surface area contributed by atoms with Crippen LogP contribution in [0.5, 0.6) is 0 Å². The quantitative estimate of drug-likeness (QED) is 0.874. The van der Waals surface area contributed by atoms with E-state index in [0.29, 0.717) is 29.1 Å². The predicted molar refractivity (Wildman–Crippen MR) is 88.9 cm³/mol. The summed E-state index contributed by atoms with van der Waals surface area (Å²) in [5, 5.41) is 19.1. The summed E-state index contributed by atoms with van der Waals surface area (Å²) in [6.45, 7) is 3.25. The molecule has 0 spiro atoms. The van der Waals surface area contributed by atoms with Gasteiger partial charge in [0.1, 0.15) is 16.7 Å². The van der Waals surface area contributed by atoms with E-state index in [1.54, 1.807) is 0 Å². The lowest BCUT2D eigenvalue weighted by molar-refractivity contribution is -0.141. The van der Waals surface area contributed by atoms with Gasteiger partial charge in [0.25, 0.3) is 5.56 Å². The molecule has 0 bridgehead atoms. The largest absolute Gasteiger partial charge is 0.481 e. The van der Waals surface area contributed by atoms with Crippen molar-refractivity contribution in [2.75, 3.05) is 0 Å². The van der Waals surface area contributed by atoms with Crippen molar-refractivity contribution in [3.05, 3.63) is 26.6 Å². The number of carboxylic acid groups (broad SMARTS) is 2. The van der Waals surface area contributed by atoms with Gasteiger partial charge in [0.2, 0.25) is 0 Å². The van der Waals surface area contributed by atoms with Gasteiger partial charge in [0, 0.05) is 11.3 Å². The number of carbonyl (C=O) groups is 2. The summed E-state index contributed by atoms with van der Waals surface area (Å²) in [4.78, 5) is 41.9. The van der Waals surface area contributed by atoms with Crippen molar-refractivity contribution >= 4 is 33.5 Å². The lowest BCUT2D eigenvalue weighted by Crippen LogP contribution is -2.32. The van der Waals surface area contributed by atoms with Crippen LogP contribution in [0.2, 0.25) is 0 Å². The van der Waals surface area contributed by atoms with E-state index in [9.17, 15) is 24.6 Å². The second kappa shape index (κ2) is 6.01. The normalized spacial score (nSPS) is 18.3. The average molecular weight is 350 g/mol. The minimum absolute atomic E-state index is 0.285. The number of carboxylic acids is 2. The first-order chi connectivity index (χ1) is 11.4. The second-order valence-electron chi connectivity index (χ2n) is 5.97. The highest BCUT2D eigenvalue weighted by Gasteiger charge is 2.33. The smallest absolute Gasteiger partial charge is 0.326 e. The average Bonchev–Trinajstić information content (AvgIpc) is 2.92. The molecule has 0 saturated heterocycles. The van der Waals surface area contributed by atoms with E-state index in [4.69, 9.17) is 0 Å². The maximum Gasteiger partial charge on any atom is 0.326 e. The maximum absolute atomic E-state index is 13.0. The van der Waals surface area contributed by atoms with E-state index in [-0.39, 0.29) is 5.39 Å². The van der Waals surface area contributed by atoms with Crippen LogP contribution >= 0.6 is 11.3 Å². The summed E-state index contributed by atoms with van der Waals surface area (Å²) in [6, 6.07) is -1.05. The highest BCUT2D eigenvalue weighted by atomic mass is 32.1. The van der Waals surface area contributed by atoms with Crippen molar-refractivity contribution in [1.29, 1.82) is 0 Å². The first-order valence-electron chi connectivity index (χ1n) is 7.89. The van der Waals surface area contributed by atoms with Gasteiger partial charge in [0.05, 0.1) is 11.3 Å². The highest BCUT2D eigenvalue weighted by Crippen LogP contribution is 2.40. The number of hydrogen-bond donors (Lipinski definition) is 2. The summed E-state index contributed by atoms with van der Waals surface area (Å²) >= 11 is 1.36. The predicted octanol–water partition coefficient (Wildman–Crippen LogP) is 2.17. The standard InChI is InChI=1S/C16H18N2O5S/c1-3-10-17-13-12(14(19)18(10)7(2)15(20)21)11-8(16(22)23)5-4-6-9(11)24-13/h7-8H,3-6H2,1-2H3,(H,20,21)(H,22,23). The zero-order valence-electron chi connectivity index (χ0n) is 13.4. The molecule has 128 valence electrons. The number of aromatic nitrogens is 2. The van der Waals surface area contributed by atoms with Crippen molar-refractivity contribution in [3.63, 3.8) is 0 Å². The molecule has 2 heterocycles.